The Morgan fingerprint density at radius 2 is 2.09 bits per heavy atom. The predicted molar refractivity (Wildman–Crippen MR) is 92.2 cm³/mol. The van der Waals surface area contributed by atoms with Crippen LogP contribution in [0.1, 0.15) is 11.7 Å². The minimum absolute atomic E-state index is 0.00960. The molecule has 2 unspecified atom stereocenters. The van der Waals surface area contributed by atoms with Crippen LogP contribution < -0.4 is 10.9 Å². The Morgan fingerprint density at radius 1 is 1.22 bits per heavy atom. The van der Waals surface area contributed by atoms with Gasteiger partial charge in [0.2, 0.25) is 0 Å². The summed E-state index contributed by atoms with van der Waals surface area (Å²) in [6, 6.07) is 10.7. The van der Waals surface area contributed by atoms with Crippen LogP contribution in [-0.2, 0) is 11.3 Å². The fourth-order valence-electron chi connectivity index (χ4n) is 2.87. The van der Waals surface area contributed by atoms with Crippen molar-refractivity contribution in [1.82, 2.24) is 9.88 Å². The van der Waals surface area contributed by atoms with Crippen LogP contribution in [0.4, 0.5) is 0 Å². The summed E-state index contributed by atoms with van der Waals surface area (Å²) >= 11 is 12.2. The molecule has 23 heavy (non-hydrogen) atoms. The normalized spacial score (nSPS) is 21.8. The van der Waals surface area contributed by atoms with E-state index >= 15 is 0 Å². The first-order valence-electron chi connectivity index (χ1n) is 7.58. The second-order valence-electron chi connectivity index (χ2n) is 5.62. The van der Waals surface area contributed by atoms with Gasteiger partial charge in [0, 0.05) is 37.8 Å². The number of benzene rings is 1. The number of aromatic nitrogens is 1. The molecule has 1 aromatic carbocycles. The molecule has 0 amide bonds. The fourth-order valence-corrected chi connectivity index (χ4v) is 3.18. The van der Waals surface area contributed by atoms with E-state index in [0.29, 0.717) is 23.2 Å². The Balaban J connectivity index is 1.89. The van der Waals surface area contributed by atoms with Gasteiger partial charge in [-0.25, -0.2) is 0 Å². The van der Waals surface area contributed by atoms with E-state index in [-0.39, 0.29) is 17.6 Å². The lowest BCUT2D eigenvalue weighted by Gasteiger charge is -2.26. The molecule has 0 saturated carbocycles. The number of pyridine rings is 1. The topological polar surface area (TPSA) is 43.3 Å². The molecule has 0 spiro atoms. The highest BCUT2D eigenvalue weighted by molar-refractivity contribution is 6.42. The zero-order valence-corrected chi connectivity index (χ0v) is 14.1. The molecular formula is C17H18Cl2N2O2. The van der Waals surface area contributed by atoms with Crippen LogP contribution in [0.5, 0.6) is 0 Å². The van der Waals surface area contributed by atoms with Crippen molar-refractivity contribution >= 4 is 23.2 Å². The van der Waals surface area contributed by atoms with E-state index in [4.69, 9.17) is 27.9 Å². The maximum absolute atomic E-state index is 12.0. The molecule has 2 heterocycles. The van der Waals surface area contributed by atoms with Crippen LogP contribution in [0.3, 0.4) is 0 Å². The monoisotopic (exact) mass is 352 g/mol. The largest absolute Gasteiger partial charge is 0.372 e. The van der Waals surface area contributed by atoms with E-state index in [0.717, 1.165) is 18.7 Å². The van der Waals surface area contributed by atoms with Crippen molar-refractivity contribution in [3.05, 3.63) is 68.6 Å². The van der Waals surface area contributed by atoms with Crippen molar-refractivity contribution < 1.29 is 4.74 Å². The molecule has 0 aliphatic carbocycles. The molecule has 4 nitrogen and oxygen atoms in total. The predicted octanol–water partition coefficient (Wildman–Crippen LogP) is 3.13. The van der Waals surface area contributed by atoms with E-state index in [2.05, 4.69) is 5.32 Å². The molecular weight excluding hydrogens is 335 g/mol. The van der Waals surface area contributed by atoms with E-state index in [9.17, 15) is 4.79 Å². The molecule has 1 aliphatic rings. The van der Waals surface area contributed by atoms with Gasteiger partial charge in [0.1, 0.15) is 0 Å². The van der Waals surface area contributed by atoms with Gasteiger partial charge in [-0.15, -0.1) is 0 Å². The third kappa shape index (κ3) is 3.96. The third-order valence-electron chi connectivity index (χ3n) is 4.01. The van der Waals surface area contributed by atoms with Crippen LogP contribution in [-0.4, -0.2) is 24.3 Å². The summed E-state index contributed by atoms with van der Waals surface area (Å²) in [7, 11) is 0. The first-order valence-corrected chi connectivity index (χ1v) is 8.33. The lowest BCUT2D eigenvalue weighted by Crippen LogP contribution is -2.31. The van der Waals surface area contributed by atoms with Gasteiger partial charge in [-0.2, -0.15) is 0 Å². The van der Waals surface area contributed by atoms with E-state index in [1.807, 2.05) is 18.2 Å². The molecule has 2 atom stereocenters. The smallest absolute Gasteiger partial charge is 0.250 e. The number of rotatable bonds is 3. The van der Waals surface area contributed by atoms with Crippen molar-refractivity contribution in [3.63, 3.8) is 0 Å². The first kappa shape index (κ1) is 16.5. The molecule has 0 radical (unpaired) electrons. The second-order valence-corrected chi connectivity index (χ2v) is 6.43. The van der Waals surface area contributed by atoms with Gasteiger partial charge in [0.15, 0.2) is 0 Å². The number of halogens is 2. The van der Waals surface area contributed by atoms with E-state index in [1.165, 1.54) is 0 Å². The first-order chi connectivity index (χ1) is 11.1. The summed E-state index contributed by atoms with van der Waals surface area (Å²) < 4.78 is 7.74. The summed E-state index contributed by atoms with van der Waals surface area (Å²) in [5, 5.41) is 4.40. The average molecular weight is 353 g/mol. The lowest BCUT2D eigenvalue weighted by atomic mass is 9.95. The van der Waals surface area contributed by atoms with E-state index < -0.39 is 0 Å². The highest BCUT2D eigenvalue weighted by atomic mass is 35.5. The maximum atomic E-state index is 12.0. The molecule has 2 aromatic rings. The van der Waals surface area contributed by atoms with Gasteiger partial charge in [-0.1, -0.05) is 35.3 Å². The third-order valence-corrected chi connectivity index (χ3v) is 4.75. The van der Waals surface area contributed by atoms with Crippen LogP contribution in [0, 0.1) is 5.92 Å². The van der Waals surface area contributed by atoms with Gasteiger partial charge in [-0.05, 0) is 23.8 Å². The molecule has 1 fully saturated rings. The Hall–Kier alpha value is -1.33. The Labute approximate surface area is 145 Å². The molecule has 1 aromatic heterocycles. The molecule has 3 rings (SSSR count). The number of ether oxygens (including phenoxy) is 1. The molecule has 122 valence electrons. The Bertz CT molecular complexity index is 733. The van der Waals surface area contributed by atoms with Crippen molar-refractivity contribution in [3.8, 4) is 0 Å². The van der Waals surface area contributed by atoms with Crippen LogP contribution >= 0.6 is 23.2 Å². The number of hydrogen-bond acceptors (Lipinski definition) is 3. The summed E-state index contributed by atoms with van der Waals surface area (Å²) in [4.78, 5) is 12.0. The lowest BCUT2D eigenvalue weighted by molar-refractivity contribution is 0.0251. The molecule has 1 N–H and O–H groups in total. The van der Waals surface area contributed by atoms with Crippen molar-refractivity contribution in [2.24, 2.45) is 5.92 Å². The Morgan fingerprint density at radius 3 is 2.87 bits per heavy atom. The Kier molecular flexibility index (Phi) is 5.38. The van der Waals surface area contributed by atoms with Gasteiger partial charge in [-0.3, -0.25) is 4.79 Å². The van der Waals surface area contributed by atoms with Crippen molar-refractivity contribution in [2.45, 2.75) is 12.6 Å². The van der Waals surface area contributed by atoms with Gasteiger partial charge < -0.3 is 14.6 Å². The molecule has 0 bridgehead atoms. The fraction of sp³-hybridized carbons (Fsp3) is 0.353. The second kappa shape index (κ2) is 7.49. The summed E-state index contributed by atoms with van der Waals surface area (Å²) in [5.41, 5.74) is 0.974. The standard InChI is InChI=1S/C17H18Cl2N2O2/c18-14-5-4-12(9-15(14)19)17-13(10-20-6-8-23-17)11-21-7-2-1-3-16(21)22/h1-5,7,9,13,17,20H,6,8,10-11H2. The quantitative estimate of drug-likeness (QED) is 0.922. The molecule has 1 aliphatic heterocycles. The van der Waals surface area contributed by atoms with Crippen molar-refractivity contribution in [1.29, 1.82) is 0 Å². The maximum Gasteiger partial charge on any atom is 0.250 e. The van der Waals surface area contributed by atoms with Crippen molar-refractivity contribution in [2.75, 3.05) is 19.7 Å². The number of nitrogens with zero attached hydrogens (tertiary/aromatic N) is 1. The minimum Gasteiger partial charge on any atom is -0.372 e. The van der Waals surface area contributed by atoms with Gasteiger partial charge in [0.25, 0.3) is 5.56 Å². The summed E-state index contributed by atoms with van der Waals surface area (Å²) in [6.45, 7) is 2.76. The molecule has 1 saturated heterocycles. The van der Waals surface area contributed by atoms with Gasteiger partial charge >= 0.3 is 0 Å². The molecule has 6 heteroatoms. The zero-order valence-electron chi connectivity index (χ0n) is 12.5. The summed E-state index contributed by atoms with van der Waals surface area (Å²) in [5.74, 6) is 0.120. The van der Waals surface area contributed by atoms with E-state index in [1.54, 1.807) is 29.0 Å². The highest BCUT2D eigenvalue weighted by Gasteiger charge is 2.27. The zero-order chi connectivity index (χ0) is 16.2. The van der Waals surface area contributed by atoms with Crippen LogP contribution in [0.2, 0.25) is 10.0 Å². The number of hydrogen-bond donors (Lipinski definition) is 1. The number of nitrogens with one attached hydrogen (secondary N) is 1. The van der Waals surface area contributed by atoms with Crippen LogP contribution in [0.15, 0.2) is 47.4 Å². The highest BCUT2D eigenvalue weighted by Crippen LogP contribution is 2.32. The van der Waals surface area contributed by atoms with Crippen LogP contribution in [0.25, 0.3) is 0 Å². The SMILES string of the molecule is O=c1ccccn1CC1CNCCOC1c1ccc(Cl)c(Cl)c1. The summed E-state index contributed by atoms with van der Waals surface area (Å²) in [6.07, 6.45) is 1.67. The average Bonchev–Trinajstić information content (AvgIpc) is 2.78. The minimum atomic E-state index is -0.133. The van der Waals surface area contributed by atoms with Gasteiger partial charge in [0.05, 0.1) is 22.8 Å².